The van der Waals surface area contributed by atoms with Crippen molar-refractivity contribution in [2.75, 3.05) is 31.3 Å². The smallest absolute Gasteiger partial charge is 0.325 e. The number of carbonyl (C=O) groups excluding carboxylic acids is 2. The lowest BCUT2D eigenvalue weighted by Gasteiger charge is -2.36. The van der Waals surface area contributed by atoms with Gasteiger partial charge in [-0.1, -0.05) is 48.5 Å². The van der Waals surface area contributed by atoms with Crippen molar-refractivity contribution in [1.29, 1.82) is 0 Å². The van der Waals surface area contributed by atoms with E-state index >= 15 is 0 Å². The number of nitrogens with one attached hydrogen (secondary N) is 2. The highest BCUT2D eigenvalue weighted by Crippen LogP contribution is 2.40. The molecule has 3 aromatic rings. The number of para-hydroxylation sites is 1. The lowest BCUT2D eigenvalue weighted by Crippen LogP contribution is -2.34. The number of rotatable bonds is 11. The molecule has 1 heterocycles. The van der Waals surface area contributed by atoms with E-state index in [4.69, 9.17) is 18.9 Å². The fraction of sp³-hybridized carbons (Fsp3) is 0.333. The van der Waals surface area contributed by atoms with Crippen molar-refractivity contribution in [1.82, 2.24) is 5.32 Å². The Morgan fingerprint density at radius 3 is 2.42 bits per heavy atom. The predicted octanol–water partition coefficient (Wildman–Crippen LogP) is 5.21. The Morgan fingerprint density at radius 1 is 1.00 bits per heavy atom. The molecule has 9 nitrogen and oxygen atoms in total. The average molecular weight is 567 g/mol. The van der Waals surface area contributed by atoms with Gasteiger partial charge in [0.25, 0.3) is 0 Å². The fourth-order valence-corrected chi connectivity index (χ4v) is 5.26. The van der Waals surface area contributed by atoms with Crippen molar-refractivity contribution >= 4 is 29.4 Å². The lowest BCUT2D eigenvalue weighted by atomic mass is 10.0. The second kappa shape index (κ2) is 14.7. The highest BCUT2D eigenvalue weighted by atomic mass is 32.2. The van der Waals surface area contributed by atoms with Gasteiger partial charge in [-0.2, -0.15) is 0 Å². The van der Waals surface area contributed by atoms with Gasteiger partial charge in [0.1, 0.15) is 12.3 Å². The molecule has 1 saturated heterocycles. The summed E-state index contributed by atoms with van der Waals surface area (Å²) >= 11 is 1.67. The molecule has 0 bridgehead atoms. The molecule has 2 amide bonds. The third kappa shape index (κ3) is 8.22. The first-order valence-corrected chi connectivity index (χ1v) is 14.0. The van der Waals surface area contributed by atoms with Gasteiger partial charge in [0.2, 0.25) is 0 Å². The van der Waals surface area contributed by atoms with Crippen molar-refractivity contribution in [3.05, 3.63) is 89.5 Å². The van der Waals surface area contributed by atoms with Crippen LogP contribution in [0.5, 0.6) is 5.75 Å². The van der Waals surface area contributed by atoms with Crippen LogP contribution in [0, 0.1) is 0 Å². The van der Waals surface area contributed by atoms with E-state index in [2.05, 4.69) is 10.6 Å². The SMILES string of the molecule is CCOC(=O)CNC(=O)Nc1ccc([C@H]2O[C@@H](CSc3ccccc3OC)C[C@@H](c3ccc(CO)cc3)O2)cc1. The van der Waals surface area contributed by atoms with E-state index < -0.39 is 18.3 Å². The number of anilines is 1. The molecular formula is C30H34N2O7S. The second-order valence-corrected chi connectivity index (χ2v) is 10.1. The van der Waals surface area contributed by atoms with Crippen molar-refractivity contribution in [3.63, 3.8) is 0 Å². The highest BCUT2D eigenvalue weighted by Gasteiger charge is 2.32. The summed E-state index contributed by atoms with van der Waals surface area (Å²) in [6.07, 6.45) is -0.271. The van der Waals surface area contributed by atoms with Gasteiger partial charge in [-0.3, -0.25) is 4.79 Å². The van der Waals surface area contributed by atoms with Gasteiger partial charge in [0, 0.05) is 28.3 Å². The molecular weight excluding hydrogens is 532 g/mol. The third-order valence-corrected chi connectivity index (χ3v) is 7.43. The minimum Gasteiger partial charge on any atom is -0.496 e. The van der Waals surface area contributed by atoms with Crippen LogP contribution >= 0.6 is 11.8 Å². The normalized spacial score (nSPS) is 18.5. The number of esters is 1. The Bertz CT molecular complexity index is 1250. The largest absolute Gasteiger partial charge is 0.496 e. The maximum Gasteiger partial charge on any atom is 0.325 e. The summed E-state index contributed by atoms with van der Waals surface area (Å²) in [5, 5.41) is 14.6. The van der Waals surface area contributed by atoms with Gasteiger partial charge in [-0.25, -0.2) is 4.79 Å². The first kappa shape index (κ1) is 29.4. The number of urea groups is 1. The van der Waals surface area contributed by atoms with Crippen LogP contribution < -0.4 is 15.4 Å². The van der Waals surface area contributed by atoms with Crippen LogP contribution in [0.2, 0.25) is 0 Å². The topological polar surface area (TPSA) is 115 Å². The summed E-state index contributed by atoms with van der Waals surface area (Å²) in [5.74, 6) is 1.02. The van der Waals surface area contributed by atoms with E-state index in [0.29, 0.717) is 17.9 Å². The van der Waals surface area contributed by atoms with Crippen LogP contribution in [0.3, 0.4) is 0 Å². The molecule has 3 atom stereocenters. The summed E-state index contributed by atoms with van der Waals surface area (Å²) in [5.41, 5.74) is 3.21. The highest BCUT2D eigenvalue weighted by molar-refractivity contribution is 7.99. The van der Waals surface area contributed by atoms with E-state index in [1.807, 2.05) is 60.7 Å². The number of methoxy groups -OCH3 is 1. The molecule has 1 aliphatic heterocycles. The lowest BCUT2D eigenvalue weighted by molar-refractivity contribution is -0.245. The molecule has 0 aromatic heterocycles. The Kier molecular flexibility index (Phi) is 10.8. The summed E-state index contributed by atoms with van der Waals surface area (Å²) in [4.78, 5) is 24.6. The van der Waals surface area contributed by atoms with Crippen molar-refractivity contribution in [2.24, 2.45) is 0 Å². The fourth-order valence-electron chi connectivity index (χ4n) is 4.21. The second-order valence-electron chi connectivity index (χ2n) is 9.05. The number of thioether (sulfide) groups is 1. The zero-order valence-electron chi connectivity index (χ0n) is 22.5. The third-order valence-electron chi connectivity index (χ3n) is 6.25. The van der Waals surface area contributed by atoms with Crippen LogP contribution in [0.1, 0.15) is 42.4 Å². The van der Waals surface area contributed by atoms with Gasteiger partial charge in [0.05, 0.1) is 32.5 Å². The van der Waals surface area contributed by atoms with E-state index in [1.54, 1.807) is 37.9 Å². The van der Waals surface area contributed by atoms with E-state index in [1.165, 1.54) is 0 Å². The average Bonchev–Trinajstić information content (AvgIpc) is 2.99. The van der Waals surface area contributed by atoms with Crippen LogP contribution in [-0.4, -0.2) is 49.2 Å². The Balaban J connectivity index is 1.45. The number of amides is 2. The van der Waals surface area contributed by atoms with Crippen molar-refractivity contribution < 1.29 is 33.6 Å². The number of aliphatic hydroxyl groups excluding tert-OH is 1. The van der Waals surface area contributed by atoms with Gasteiger partial charge in [-0.15, -0.1) is 11.8 Å². The van der Waals surface area contributed by atoms with Gasteiger partial charge < -0.3 is 34.7 Å². The summed E-state index contributed by atoms with van der Waals surface area (Å²) < 4.78 is 23.1. The molecule has 3 N–H and O–H groups in total. The molecule has 0 unspecified atom stereocenters. The predicted molar refractivity (Wildman–Crippen MR) is 152 cm³/mol. The zero-order chi connectivity index (χ0) is 28.3. The van der Waals surface area contributed by atoms with Crippen LogP contribution in [0.15, 0.2) is 77.7 Å². The van der Waals surface area contributed by atoms with Gasteiger partial charge >= 0.3 is 12.0 Å². The zero-order valence-corrected chi connectivity index (χ0v) is 23.3. The maximum absolute atomic E-state index is 12.1. The molecule has 0 spiro atoms. The molecule has 1 aliphatic rings. The number of ether oxygens (including phenoxy) is 4. The van der Waals surface area contributed by atoms with Crippen LogP contribution in [-0.2, 0) is 25.6 Å². The van der Waals surface area contributed by atoms with Crippen LogP contribution in [0.25, 0.3) is 0 Å². The number of hydrogen-bond acceptors (Lipinski definition) is 8. The number of aliphatic hydroxyl groups is 1. The van der Waals surface area contributed by atoms with Crippen molar-refractivity contribution in [3.8, 4) is 5.75 Å². The number of hydrogen-bond donors (Lipinski definition) is 3. The Hall–Kier alpha value is -3.57. The Morgan fingerprint density at radius 2 is 1.73 bits per heavy atom. The molecule has 4 rings (SSSR count). The minimum absolute atomic E-state index is 0.0169. The summed E-state index contributed by atoms with van der Waals surface area (Å²) in [7, 11) is 1.66. The monoisotopic (exact) mass is 566 g/mol. The molecule has 212 valence electrons. The molecule has 0 saturated carbocycles. The molecule has 0 radical (unpaired) electrons. The van der Waals surface area contributed by atoms with E-state index in [0.717, 1.165) is 27.3 Å². The standard InChI is InChI=1S/C30H34N2O7S/c1-3-37-28(34)17-31-30(35)32-23-14-12-22(13-15-23)29-38-24(19-40-27-7-5-4-6-25(27)36-2)16-26(39-29)21-10-8-20(18-33)9-11-21/h4-15,24,26,29,33H,3,16-19H2,1-2H3,(H2,31,32,35)/t24-,26+,29+/m1/s1. The summed E-state index contributed by atoms with van der Waals surface area (Å²) in [6.45, 7) is 1.73. The van der Waals surface area contributed by atoms with E-state index in [9.17, 15) is 14.7 Å². The maximum atomic E-state index is 12.1. The number of carbonyl (C=O) groups is 2. The van der Waals surface area contributed by atoms with E-state index in [-0.39, 0.29) is 32.0 Å². The van der Waals surface area contributed by atoms with Gasteiger partial charge in [-0.05, 0) is 42.3 Å². The first-order chi connectivity index (χ1) is 19.5. The quantitative estimate of drug-likeness (QED) is 0.214. The van der Waals surface area contributed by atoms with Crippen molar-refractivity contribution in [2.45, 2.75) is 43.3 Å². The molecule has 3 aromatic carbocycles. The minimum atomic E-state index is -0.619. The molecule has 1 fully saturated rings. The Labute approximate surface area is 238 Å². The molecule has 10 heteroatoms. The van der Waals surface area contributed by atoms with Gasteiger partial charge in [0.15, 0.2) is 6.29 Å². The summed E-state index contributed by atoms with van der Waals surface area (Å²) in [6, 6.07) is 22.3. The number of benzene rings is 3. The van der Waals surface area contributed by atoms with Crippen LogP contribution in [0.4, 0.5) is 10.5 Å². The molecule has 0 aliphatic carbocycles. The first-order valence-electron chi connectivity index (χ1n) is 13.1. The molecule has 40 heavy (non-hydrogen) atoms.